The summed E-state index contributed by atoms with van der Waals surface area (Å²) < 4.78 is 19.4. The van der Waals surface area contributed by atoms with Crippen LogP contribution in [0.4, 0.5) is 4.39 Å². The molecule has 1 heterocycles. The maximum Gasteiger partial charge on any atom is 0.194 e. The Morgan fingerprint density at radius 2 is 2.00 bits per heavy atom. The number of rotatable bonds is 6. The zero-order valence-electron chi connectivity index (χ0n) is 17.0. The van der Waals surface area contributed by atoms with E-state index in [-0.39, 0.29) is 18.0 Å². The van der Waals surface area contributed by atoms with Crippen LogP contribution in [0, 0.1) is 11.7 Å². The number of likely N-dealkylation sites (N-methyl/N-ethyl adjacent to an activating group) is 1. The zero-order chi connectivity index (χ0) is 19.4. The van der Waals surface area contributed by atoms with Crippen molar-refractivity contribution in [2.24, 2.45) is 10.9 Å². The number of morpholine rings is 1. The topological polar surface area (TPSA) is 40.1 Å². The molecule has 1 N–H and O–H groups in total. The van der Waals surface area contributed by atoms with Gasteiger partial charge in [0.1, 0.15) is 11.9 Å². The lowest BCUT2D eigenvalue weighted by molar-refractivity contribution is -0.0605. The van der Waals surface area contributed by atoms with Crippen LogP contribution in [-0.2, 0) is 4.74 Å². The van der Waals surface area contributed by atoms with Gasteiger partial charge in [0.05, 0.1) is 19.2 Å². The highest BCUT2D eigenvalue weighted by Gasteiger charge is 2.33. The molecule has 1 saturated carbocycles. The van der Waals surface area contributed by atoms with Crippen molar-refractivity contribution >= 4 is 5.96 Å². The third-order valence-electron chi connectivity index (χ3n) is 5.39. The molecule has 0 amide bonds. The second-order valence-corrected chi connectivity index (χ2v) is 7.95. The van der Waals surface area contributed by atoms with Crippen molar-refractivity contribution < 1.29 is 9.13 Å². The second-order valence-electron chi connectivity index (χ2n) is 7.95. The minimum absolute atomic E-state index is 0.0775. The molecule has 1 saturated heterocycles. The minimum Gasteiger partial charge on any atom is -0.367 e. The maximum absolute atomic E-state index is 13.3. The van der Waals surface area contributed by atoms with Crippen LogP contribution in [0.2, 0.25) is 0 Å². The number of hydrogen-bond donors (Lipinski definition) is 1. The van der Waals surface area contributed by atoms with Gasteiger partial charge in [-0.05, 0) is 64.4 Å². The van der Waals surface area contributed by atoms with Crippen LogP contribution in [0.15, 0.2) is 29.3 Å². The first-order valence-electron chi connectivity index (χ1n) is 10.1. The van der Waals surface area contributed by atoms with Crippen molar-refractivity contribution in [2.75, 3.05) is 40.3 Å². The highest BCUT2D eigenvalue weighted by atomic mass is 19.1. The molecular weight excluding hydrogens is 343 g/mol. The Morgan fingerprint density at radius 3 is 2.59 bits per heavy atom. The van der Waals surface area contributed by atoms with E-state index >= 15 is 0 Å². The summed E-state index contributed by atoms with van der Waals surface area (Å²) in [5.74, 6) is 1.51. The molecular formula is C21H33FN4O. The standard InChI is InChI=1S/C21H33FN4O/c1-5-23-21(24-12-19(25(3)4)16-6-7-16)26-13-15(2)27-20(14-26)17-8-10-18(22)11-9-17/h8-11,15-16,19-20H,5-7,12-14H2,1-4H3,(H,23,24). The Balaban J connectivity index is 1.72. The van der Waals surface area contributed by atoms with Gasteiger partial charge in [0.25, 0.3) is 0 Å². The van der Waals surface area contributed by atoms with Gasteiger partial charge in [0.15, 0.2) is 5.96 Å². The molecule has 5 nitrogen and oxygen atoms in total. The fraction of sp³-hybridized carbons (Fsp3) is 0.667. The molecule has 6 heteroatoms. The number of benzene rings is 1. The first-order valence-corrected chi connectivity index (χ1v) is 10.1. The molecule has 3 rings (SSSR count). The summed E-state index contributed by atoms with van der Waals surface area (Å²) in [6.07, 6.45) is 2.64. The van der Waals surface area contributed by atoms with E-state index in [0.29, 0.717) is 6.04 Å². The Hall–Kier alpha value is -1.66. The Kier molecular flexibility index (Phi) is 6.71. The molecule has 1 aromatic rings. The summed E-state index contributed by atoms with van der Waals surface area (Å²) >= 11 is 0. The molecule has 3 atom stereocenters. The number of nitrogens with one attached hydrogen (secondary N) is 1. The number of guanidine groups is 1. The van der Waals surface area contributed by atoms with Gasteiger partial charge in [-0.3, -0.25) is 4.99 Å². The van der Waals surface area contributed by atoms with E-state index in [1.54, 1.807) is 0 Å². The number of hydrogen-bond acceptors (Lipinski definition) is 3. The molecule has 1 aliphatic carbocycles. The first-order chi connectivity index (χ1) is 13.0. The lowest BCUT2D eigenvalue weighted by Gasteiger charge is -2.39. The molecule has 150 valence electrons. The van der Waals surface area contributed by atoms with Gasteiger partial charge in [-0.1, -0.05) is 12.1 Å². The molecule has 1 aliphatic heterocycles. The molecule has 2 aliphatic rings. The van der Waals surface area contributed by atoms with Gasteiger partial charge in [-0.25, -0.2) is 4.39 Å². The van der Waals surface area contributed by atoms with Crippen LogP contribution in [0.5, 0.6) is 0 Å². The lowest BCUT2D eigenvalue weighted by Crippen LogP contribution is -2.51. The predicted molar refractivity (Wildman–Crippen MR) is 107 cm³/mol. The molecule has 0 bridgehead atoms. The van der Waals surface area contributed by atoms with Crippen LogP contribution in [0.1, 0.15) is 38.4 Å². The van der Waals surface area contributed by atoms with Crippen LogP contribution in [0.25, 0.3) is 0 Å². The van der Waals surface area contributed by atoms with E-state index < -0.39 is 0 Å². The summed E-state index contributed by atoms with van der Waals surface area (Å²) in [5, 5.41) is 3.45. The van der Waals surface area contributed by atoms with Crippen molar-refractivity contribution in [2.45, 2.75) is 44.9 Å². The van der Waals surface area contributed by atoms with E-state index in [4.69, 9.17) is 9.73 Å². The van der Waals surface area contributed by atoms with Crippen molar-refractivity contribution in [3.8, 4) is 0 Å². The smallest absolute Gasteiger partial charge is 0.194 e. The van der Waals surface area contributed by atoms with E-state index in [2.05, 4.69) is 43.1 Å². The van der Waals surface area contributed by atoms with E-state index in [1.807, 2.05) is 12.1 Å². The molecule has 0 radical (unpaired) electrons. The Morgan fingerprint density at radius 1 is 1.30 bits per heavy atom. The summed E-state index contributed by atoms with van der Waals surface area (Å²) in [6.45, 7) is 7.35. The maximum atomic E-state index is 13.3. The van der Waals surface area contributed by atoms with Crippen molar-refractivity contribution in [1.82, 2.24) is 15.1 Å². The van der Waals surface area contributed by atoms with Crippen LogP contribution < -0.4 is 5.32 Å². The van der Waals surface area contributed by atoms with Gasteiger partial charge in [0, 0.05) is 19.1 Å². The van der Waals surface area contributed by atoms with E-state index in [1.165, 1.54) is 25.0 Å². The molecule has 3 unspecified atom stereocenters. The van der Waals surface area contributed by atoms with Crippen LogP contribution in [0.3, 0.4) is 0 Å². The van der Waals surface area contributed by atoms with Crippen molar-refractivity contribution in [3.05, 3.63) is 35.6 Å². The number of ether oxygens (including phenoxy) is 1. The van der Waals surface area contributed by atoms with Crippen molar-refractivity contribution in [3.63, 3.8) is 0 Å². The van der Waals surface area contributed by atoms with Crippen molar-refractivity contribution in [1.29, 1.82) is 0 Å². The fourth-order valence-electron chi connectivity index (χ4n) is 3.81. The molecule has 1 aromatic carbocycles. The average Bonchev–Trinajstić information content (AvgIpc) is 3.46. The number of nitrogens with zero attached hydrogens (tertiary/aromatic N) is 3. The summed E-state index contributed by atoms with van der Waals surface area (Å²) in [6, 6.07) is 7.13. The summed E-state index contributed by atoms with van der Waals surface area (Å²) in [5.41, 5.74) is 1.01. The predicted octanol–water partition coefficient (Wildman–Crippen LogP) is 2.89. The van der Waals surface area contributed by atoms with Gasteiger partial charge in [-0.15, -0.1) is 0 Å². The highest BCUT2D eigenvalue weighted by Crippen LogP contribution is 2.34. The third kappa shape index (κ3) is 5.42. The highest BCUT2D eigenvalue weighted by molar-refractivity contribution is 5.80. The quantitative estimate of drug-likeness (QED) is 0.612. The van der Waals surface area contributed by atoms with Crippen LogP contribution >= 0.6 is 0 Å². The van der Waals surface area contributed by atoms with Gasteiger partial charge in [-0.2, -0.15) is 0 Å². The normalized spacial score (nSPS) is 25.0. The van der Waals surface area contributed by atoms with Gasteiger partial charge >= 0.3 is 0 Å². The minimum atomic E-state index is -0.218. The molecule has 0 spiro atoms. The fourth-order valence-corrected chi connectivity index (χ4v) is 3.81. The molecule has 27 heavy (non-hydrogen) atoms. The van der Waals surface area contributed by atoms with Gasteiger partial charge < -0.3 is 19.9 Å². The van der Waals surface area contributed by atoms with E-state index in [9.17, 15) is 4.39 Å². The Bertz CT molecular complexity index is 628. The summed E-state index contributed by atoms with van der Waals surface area (Å²) in [7, 11) is 4.29. The number of aliphatic imine (C=N–C) groups is 1. The monoisotopic (exact) mass is 376 g/mol. The SMILES string of the molecule is CCNC(=NCC(C1CC1)N(C)C)N1CC(C)OC(c2ccc(F)cc2)C1. The number of halogens is 1. The largest absolute Gasteiger partial charge is 0.367 e. The molecule has 2 fully saturated rings. The average molecular weight is 377 g/mol. The Labute approximate surface area is 162 Å². The molecule has 0 aromatic heterocycles. The summed E-state index contributed by atoms with van der Waals surface area (Å²) in [4.78, 5) is 9.55. The van der Waals surface area contributed by atoms with Gasteiger partial charge in [0.2, 0.25) is 0 Å². The first kappa shape index (κ1) is 20.1. The second kappa shape index (κ2) is 9.02. The third-order valence-corrected chi connectivity index (χ3v) is 5.39. The van der Waals surface area contributed by atoms with E-state index in [0.717, 1.165) is 43.6 Å². The van der Waals surface area contributed by atoms with Crippen LogP contribution in [-0.4, -0.2) is 68.2 Å². The lowest BCUT2D eigenvalue weighted by atomic mass is 10.1. The zero-order valence-corrected chi connectivity index (χ0v) is 17.0.